The molecule has 1 saturated carbocycles. The molecule has 1 aromatic heterocycles. The molecule has 0 unspecified atom stereocenters. The lowest BCUT2D eigenvalue weighted by Gasteiger charge is -2.37. The number of carbonyl (C=O) groups excluding carboxylic acids is 1. The molecule has 30 heavy (non-hydrogen) atoms. The second-order valence-electron chi connectivity index (χ2n) is 6.83. The number of carbonyl (C=O) groups is 1. The minimum atomic E-state index is -0.974. The summed E-state index contributed by atoms with van der Waals surface area (Å²) in [5.41, 5.74) is -0.562. The van der Waals surface area contributed by atoms with Gasteiger partial charge in [-0.1, -0.05) is 38.1 Å². The van der Waals surface area contributed by atoms with Crippen LogP contribution in [-0.4, -0.2) is 22.2 Å². The monoisotopic (exact) mass is 437 g/mol. The van der Waals surface area contributed by atoms with Gasteiger partial charge in [0.15, 0.2) is 12.3 Å². The smallest absolute Gasteiger partial charge is 0.340 e. The van der Waals surface area contributed by atoms with Crippen LogP contribution in [-0.2, 0) is 10.3 Å². The fraction of sp³-hybridized carbons (Fsp3) is 0.318. The Hall–Kier alpha value is -2.45. The van der Waals surface area contributed by atoms with E-state index in [0.29, 0.717) is 18.4 Å². The summed E-state index contributed by atoms with van der Waals surface area (Å²) in [5, 5.41) is 10.2. The fourth-order valence-corrected chi connectivity index (χ4v) is 3.99. The Kier molecular flexibility index (Phi) is 6.47. The van der Waals surface area contributed by atoms with Gasteiger partial charge in [0, 0.05) is 6.20 Å². The zero-order valence-electron chi connectivity index (χ0n) is 16.8. The lowest BCUT2D eigenvalue weighted by molar-refractivity contribution is -0.0387. The lowest BCUT2D eigenvalue weighted by atomic mass is 9.75. The van der Waals surface area contributed by atoms with Gasteiger partial charge in [0.1, 0.15) is 11.6 Å². The van der Waals surface area contributed by atoms with Gasteiger partial charge in [-0.05, 0) is 36.5 Å². The van der Waals surface area contributed by atoms with E-state index in [1.165, 1.54) is 12.1 Å². The molecule has 3 aromatic rings. The maximum Gasteiger partial charge on any atom is 0.340 e. The Labute approximate surface area is 177 Å². The van der Waals surface area contributed by atoms with E-state index in [-0.39, 0.29) is 39.9 Å². The normalized spacial score (nSPS) is 14.6. The van der Waals surface area contributed by atoms with Crippen LogP contribution in [0.5, 0.6) is 0 Å². The first kappa shape index (κ1) is 22.2. The van der Waals surface area contributed by atoms with E-state index in [2.05, 4.69) is 4.74 Å². The molecule has 1 heterocycles. The standard InChI is InChI=1S/C20H16F3NO3S.C2H6/c1-27-19(25)13-10-24(28-23)15-9-14(21)16(18(22)17(13)15)11-3-5-12(6-4-11)20(26)7-2-8-20;1-2/h3-6,9-10,26H,2,7-8H2,1H3;1-2H3. The van der Waals surface area contributed by atoms with Gasteiger partial charge in [-0.3, -0.25) is 3.97 Å². The summed E-state index contributed by atoms with van der Waals surface area (Å²) in [5.74, 6) is -2.71. The molecule has 4 nitrogen and oxygen atoms in total. The second-order valence-corrected chi connectivity index (χ2v) is 7.36. The van der Waals surface area contributed by atoms with Crippen LogP contribution in [0.25, 0.3) is 22.0 Å². The van der Waals surface area contributed by atoms with Crippen molar-refractivity contribution in [1.29, 1.82) is 0 Å². The summed E-state index contributed by atoms with van der Waals surface area (Å²) < 4.78 is 48.7. The predicted octanol–water partition coefficient (Wildman–Crippen LogP) is 6.15. The van der Waals surface area contributed by atoms with E-state index < -0.39 is 23.2 Å². The zero-order chi connectivity index (χ0) is 22.1. The molecule has 160 valence electrons. The third kappa shape index (κ3) is 3.58. The molecule has 4 rings (SSSR count). The first-order chi connectivity index (χ1) is 14.4. The van der Waals surface area contributed by atoms with Gasteiger partial charge in [-0.2, -0.15) is 0 Å². The van der Waals surface area contributed by atoms with Gasteiger partial charge in [0.05, 0.1) is 34.7 Å². The van der Waals surface area contributed by atoms with Crippen molar-refractivity contribution in [3.05, 3.63) is 59.3 Å². The highest BCUT2D eigenvalue weighted by Gasteiger charge is 2.36. The number of benzene rings is 2. The first-order valence-electron chi connectivity index (χ1n) is 9.63. The number of methoxy groups -OCH3 is 1. The van der Waals surface area contributed by atoms with Crippen LogP contribution < -0.4 is 0 Å². The molecule has 0 aliphatic heterocycles. The average Bonchev–Trinajstić information content (AvgIpc) is 3.12. The number of rotatable bonds is 4. The number of aromatic nitrogens is 1. The number of hydrogen-bond donors (Lipinski definition) is 1. The van der Waals surface area contributed by atoms with Crippen molar-refractivity contribution < 1.29 is 27.3 Å². The lowest BCUT2D eigenvalue weighted by Crippen LogP contribution is -2.33. The second kappa shape index (κ2) is 8.73. The average molecular weight is 437 g/mol. The van der Waals surface area contributed by atoms with E-state index in [9.17, 15) is 18.2 Å². The van der Waals surface area contributed by atoms with Gasteiger partial charge >= 0.3 is 5.97 Å². The van der Waals surface area contributed by atoms with E-state index in [1.807, 2.05) is 13.8 Å². The molecule has 1 aliphatic carbocycles. The molecule has 0 radical (unpaired) electrons. The molecule has 1 fully saturated rings. The summed E-state index contributed by atoms with van der Waals surface area (Å²) in [4.78, 5) is 12.0. The van der Waals surface area contributed by atoms with E-state index in [4.69, 9.17) is 0 Å². The van der Waals surface area contributed by atoms with Crippen LogP contribution in [0.4, 0.5) is 12.7 Å². The maximum absolute atomic E-state index is 15.3. The Morgan fingerprint density at radius 3 is 2.33 bits per heavy atom. The molecule has 1 aliphatic rings. The Balaban J connectivity index is 0.00000124. The third-order valence-corrected chi connectivity index (χ3v) is 5.77. The van der Waals surface area contributed by atoms with Crippen LogP contribution in [0.2, 0.25) is 0 Å². The summed E-state index contributed by atoms with van der Waals surface area (Å²) in [6.45, 7) is 4.00. The molecule has 0 saturated heterocycles. The zero-order valence-corrected chi connectivity index (χ0v) is 17.7. The van der Waals surface area contributed by atoms with Crippen molar-refractivity contribution >= 4 is 29.2 Å². The Morgan fingerprint density at radius 2 is 1.83 bits per heavy atom. The number of halogens is 3. The van der Waals surface area contributed by atoms with Crippen molar-refractivity contribution in [2.45, 2.75) is 38.7 Å². The number of nitrogens with zero attached hydrogens (tertiary/aromatic N) is 1. The van der Waals surface area contributed by atoms with Crippen molar-refractivity contribution in [3.8, 4) is 11.1 Å². The quantitative estimate of drug-likeness (QED) is 0.497. The highest BCUT2D eigenvalue weighted by atomic mass is 32.2. The van der Waals surface area contributed by atoms with E-state index in [1.54, 1.807) is 12.1 Å². The molecule has 0 amide bonds. The summed E-state index contributed by atoms with van der Waals surface area (Å²) in [6, 6.07) is 7.32. The van der Waals surface area contributed by atoms with Crippen LogP contribution in [0.3, 0.4) is 0 Å². The molecular formula is C22H22F3NO3S. The highest BCUT2D eigenvalue weighted by molar-refractivity contribution is 7.92. The van der Waals surface area contributed by atoms with Gasteiger partial charge in [-0.15, -0.1) is 3.89 Å². The number of aliphatic hydroxyl groups is 1. The van der Waals surface area contributed by atoms with Crippen LogP contribution in [0.1, 0.15) is 49.0 Å². The van der Waals surface area contributed by atoms with Gasteiger partial charge in [-0.25, -0.2) is 13.6 Å². The van der Waals surface area contributed by atoms with E-state index >= 15 is 4.39 Å². The minimum absolute atomic E-state index is 0.105. The Bertz CT molecular complexity index is 1080. The molecule has 0 spiro atoms. The van der Waals surface area contributed by atoms with Crippen molar-refractivity contribution in [2.24, 2.45) is 0 Å². The fourth-order valence-electron chi connectivity index (χ4n) is 3.62. The molecule has 0 atom stereocenters. The number of hydrogen-bond acceptors (Lipinski definition) is 4. The Morgan fingerprint density at radius 1 is 1.20 bits per heavy atom. The highest BCUT2D eigenvalue weighted by Crippen LogP contribution is 2.42. The van der Waals surface area contributed by atoms with Gasteiger partial charge in [0.2, 0.25) is 0 Å². The van der Waals surface area contributed by atoms with Crippen LogP contribution >= 0.6 is 12.3 Å². The molecular weight excluding hydrogens is 415 g/mol. The topological polar surface area (TPSA) is 51.5 Å². The number of fused-ring (bicyclic) bond motifs is 1. The summed E-state index contributed by atoms with van der Waals surface area (Å²) >= 11 is -0.273. The molecule has 8 heteroatoms. The minimum Gasteiger partial charge on any atom is -0.465 e. The van der Waals surface area contributed by atoms with Crippen LogP contribution in [0, 0.1) is 11.6 Å². The molecule has 1 N–H and O–H groups in total. The van der Waals surface area contributed by atoms with Crippen molar-refractivity contribution in [3.63, 3.8) is 0 Å². The third-order valence-electron chi connectivity index (χ3n) is 5.32. The maximum atomic E-state index is 15.3. The first-order valence-corrected chi connectivity index (χ1v) is 10.3. The van der Waals surface area contributed by atoms with Crippen molar-refractivity contribution in [2.75, 3.05) is 7.11 Å². The number of ether oxygens (including phenoxy) is 1. The summed E-state index contributed by atoms with van der Waals surface area (Å²) in [7, 11) is 1.13. The van der Waals surface area contributed by atoms with E-state index in [0.717, 1.165) is 29.8 Å². The largest absolute Gasteiger partial charge is 0.465 e. The predicted molar refractivity (Wildman–Crippen MR) is 112 cm³/mol. The molecule has 0 bridgehead atoms. The van der Waals surface area contributed by atoms with Crippen LogP contribution in [0.15, 0.2) is 36.5 Å². The number of esters is 1. The van der Waals surface area contributed by atoms with Gasteiger partial charge < -0.3 is 9.84 Å². The SMILES string of the molecule is CC.COC(=O)c1cn(SF)c2cc(F)c(-c3ccc(C4(O)CCC4)cc3)c(F)c12. The van der Waals surface area contributed by atoms with Crippen molar-refractivity contribution in [1.82, 2.24) is 3.97 Å². The van der Waals surface area contributed by atoms with Gasteiger partial charge in [0.25, 0.3) is 0 Å². The molecule has 2 aromatic carbocycles. The summed E-state index contributed by atoms with van der Waals surface area (Å²) in [6.07, 6.45) is 3.30.